The summed E-state index contributed by atoms with van der Waals surface area (Å²) < 4.78 is 0. The molecule has 5 heteroatoms. The number of nitrogens with one attached hydrogen (secondary N) is 2. The average molecular weight is 677 g/mol. The second kappa shape index (κ2) is 12.0. The molecule has 45 heavy (non-hydrogen) atoms. The normalized spacial score (nSPS) is 36.4. The third kappa shape index (κ3) is 5.27. The maximum absolute atomic E-state index is 3.38. The van der Waals surface area contributed by atoms with Gasteiger partial charge in [0.15, 0.2) is 0 Å². The van der Waals surface area contributed by atoms with Crippen LogP contribution in [-0.4, -0.2) is 20.3 Å². The summed E-state index contributed by atoms with van der Waals surface area (Å²) in [6.45, 7) is 0. The SMILES string of the molecule is PC(c1cc[nH]c1)(c1cc[nH]c1)c1[cH-]ccc1CP(C12CC3CC(CC(C3)C1)C2)C12CC3CC(CC(C3)C1)C2.[Fe+2].c1cc[cH-]c1. The van der Waals surface area contributed by atoms with Gasteiger partial charge in [-0.3, -0.25) is 0 Å². The summed E-state index contributed by atoms with van der Waals surface area (Å²) in [5.74, 6) is 6.30. The molecule has 2 heterocycles. The van der Waals surface area contributed by atoms with Crippen LogP contribution in [0.4, 0.5) is 0 Å². The number of rotatable bonds is 7. The van der Waals surface area contributed by atoms with Gasteiger partial charge in [-0.2, -0.15) is 35.9 Å². The molecule has 1 unspecified atom stereocenters. The molecule has 8 saturated carbocycles. The van der Waals surface area contributed by atoms with Crippen molar-refractivity contribution in [3.63, 3.8) is 0 Å². The molecule has 0 saturated heterocycles. The molecule has 0 radical (unpaired) electrons. The standard InChI is InChI=1S/C35H45N2P2.C5H5.Fe/c38-35(30-4-6-36-20-30,31-5-7-37-21-31)32-3-1-2-29(32)22-39(33-14-23-8-24(15-33)10-25(9-23)16-33)34-17-26-11-27(18-34)13-28(12-26)19-34;1-2-4-5-3-1;/h1-7,20-21,23-28,36-37H,8-19,22,38H2;1-5H;/q2*-1;+2. The van der Waals surface area contributed by atoms with Crippen molar-refractivity contribution in [2.24, 2.45) is 35.5 Å². The fraction of sp³-hybridized carbons (Fsp3) is 0.550. The molecule has 8 aliphatic carbocycles. The van der Waals surface area contributed by atoms with Crippen molar-refractivity contribution in [3.8, 4) is 0 Å². The Morgan fingerprint density at radius 3 is 1.49 bits per heavy atom. The molecule has 2 aromatic heterocycles. The van der Waals surface area contributed by atoms with Gasteiger partial charge in [-0.05, 0) is 146 Å². The molecule has 238 valence electrons. The zero-order chi connectivity index (χ0) is 29.4. The minimum atomic E-state index is -0.206. The van der Waals surface area contributed by atoms with Crippen molar-refractivity contribution in [3.05, 3.63) is 108 Å². The first-order valence-electron chi connectivity index (χ1n) is 17.8. The van der Waals surface area contributed by atoms with E-state index in [1.54, 1.807) is 82.6 Å². The van der Waals surface area contributed by atoms with Crippen molar-refractivity contribution in [1.29, 1.82) is 0 Å². The van der Waals surface area contributed by atoms with Crippen LogP contribution in [0.15, 0.2) is 85.5 Å². The van der Waals surface area contributed by atoms with E-state index in [0.29, 0.717) is 10.3 Å². The van der Waals surface area contributed by atoms with Gasteiger partial charge in [0.2, 0.25) is 0 Å². The van der Waals surface area contributed by atoms with Gasteiger partial charge in [0.25, 0.3) is 0 Å². The third-order valence-corrected chi connectivity index (χ3v) is 18.5. The van der Waals surface area contributed by atoms with Gasteiger partial charge in [-0.25, -0.2) is 18.2 Å². The maximum atomic E-state index is 3.38. The summed E-state index contributed by atoms with van der Waals surface area (Å²) in [4.78, 5) is 6.76. The number of hydrogen-bond donors (Lipinski definition) is 2. The fourth-order valence-electron chi connectivity index (χ4n) is 12.7. The summed E-state index contributed by atoms with van der Waals surface area (Å²) in [5, 5.41) is 1.15. The van der Waals surface area contributed by atoms with E-state index >= 15 is 0 Å². The largest absolute Gasteiger partial charge is 2.00 e. The predicted molar refractivity (Wildman–Crippen MR) is 188 cm³/mol. The summed E-state index contributed by atoms with van der Waals surface area (Å²) in [6, 6.07) is 22.0. The summed E-state index contributed by atoms with van der Waals surface area (Å²) >= 11 is 0. The number of H-pyrrole nitrogens is 2. The molecule has 8 aliphatic rings. The van der Waals surface area contributed by atoms with Crippen molar-refractivity contribution in [1.82, 2.24) is 9.97 Å². The Bertz CT molecular complexity index is 1360. The van der Waals surface area contributed by atoms with Crippen molar-refractivity contribution in [2.45, 2.75) is 98.7 Å². The van der Waals surface area contributed by atoms with Gasteiger partial charge in [0.05, 0.1) is 0 Å². The van der Waals surface area contributed by atoms with Crippen LogP contribution in [0.25, 0.3) is 0 Å². The molecule has 12 rings (SSSR count). The summed E-state index contributed by atoms with van der Waals surface area (Å²) in [6.07, 6.45) is 29.0. The van der Waals surface area contributed by atoms with Gasteiger partial charge in [0.1, 0.15) is 0 Å². The molecular formula is C40H50FeN2P2. The van der Waals surface area contributed by atoms with Crippen molar-refractivity contribution in [2.75, 3.05) is 0 Å². The molecule has 0 amide bonds. The second-order valence-corrected chi connectivity index (χ2v) is 20.2. The van der Waals surface area contributed by atoms with E-state index in [1.165, 1.54) is 22.9 Å². The monoisotopic (exact) mass is 676 g/mol. The topological polar surface area (TPSA) is 31.6 Å². The first-order valence-corrected chi connectivity index (χ1v) is 19.9. The molecule has 8 fully saturated rings. The Hall–Kier alpha value is -1.36. The smallest absolute Gasteiger partial charge is 0.367 e. The zero-order valence-electron chi connectivity index (χ0n) is 26.6. The van der Waals surface area contributed by atoms with Gasteiger partial charge in [0, 0.05) is 29.9 Å². The summed E-state index contributed by atoms with van der Waals surface area (Å²) in [7, 11) is 3.26. The van der Waals surface area contributed by atoms with E-state index in [1.807, 2.05) is 30.3 Å². The molecule has 0 spiro atoms. The van der Waals surface area contributed by atoms with E-state index in [9.17, 15) is 0 Å². The maximum Gasteiger partial charge on any atom is 2.00 e. The Morgan fingerprint density at radius 2 is 1.13 bits per heavy atom. The Morgan fingerprint density at radius 1 is 0.689 bits per heavy atom. The van der Waals surface area contributed by atoms with Gasteiger partial charge >= 0.3 is 17.1 Å². The third-order valence-electron chi connectivity index (χ3n) is 13.5. The predicted octanol–water partition coefficient (Wildman–Crippen LogP) is 10.6. The minimum absolute atomic E-state index is 0. The zero-order valence-corrected chi connectivity index (χ0v) is 29.8. The Balaban J connectivity index is 0.000000460. The van der Waals surface area contributed by atoms with Crippen molar-refractivity contribution >= 4 is 17.2 Å². The quantitative estimate of drug-likeness (QED) is 0.111. The number of aromatic nitrogens is 2. The minimum Gasteiger partial charge on any atom is -0.367 e. The van der Waals surface area contributed by atoms with E-state index in [0.717, 1.165) is 35.5 Å². The molecule has 2 N–H and O–H groups in total. The van der Waals surface area contributed by atoms with Crippen LogP contribution in [-0.2, 0) is 28.4 Å². The van der Waals surface area contributed by atoms with E-state index in [-0.39, 0.29) is 30.1 Å². The molecule has 2 aromatic carbocycles. The van der Waals surface area contributed by atoms with Crippen LogP contribution >= 0.6 is 17.2 Å². The molecule has 4 aromatic rings. The van der Waals surface area contributed by atoms with Crippen LogP contribution in [0, 0.1) is 35.5 Å². The van der Waals surface area contributed by atoms with Gasteiger partial charge < -0.3 is 9.97 Å². The molecule has 1 atom stereocenters. The molecule has 0 aliphatic heterocycles. The first kappa shape index (κ1) is 30.9. The Kier molecular flexibility index (Phi) is 8.22. The van der Waals surface area contributed by atoms with Crippen LogP contribution in [0.2, 0.25) is 0 Å². The van der Waals surface area contributed by atoms with Crippen LogP contribution in [0.3, 0.4) is 0 Å². The van der Waals surface area contributed by atoms with E-state index < -0.39 is 0 Å². The van der Waals surface area contributed by atoms with Gasteiger partial charge in [-0.1, -0.05) is 6.16 Å². The fourth-order valence-corrected chi connectivity index (χ4v) is 18.5. The van der Waals surface area contributed by atoms with Crippen molar-refractivity contribution < 1.29 is 17.1 Å². The molecular weight excluding hydrogens is 626 g/mol. The van der Waals surface area contributed by atoms with E-state index in [2.05, 4.69) is 74.3 Å². The second-order valence-electron chi connectivity index (χ2n) is 16.3. The number of hydrogen-bond acceptors (Lipinski definition) is 0. The van der Waals surface area contributed by atoms with Crippen LogP contribution < -0.4 is 0 Å². The van der Waals surface area contributed by atoms with Crippen LogP contribution in [0.1, 0.15) is 99.3 Å². The summed E-state index contributed by atoms with van der Waals surface area (Å²) in [5.41, 5.74) is 5.92. The Labute approximate surface area is 284 Å². The van der Waals surface area contributed by atoms with Gasteiger partial charge in [-0.15, -0.1) is 22.7 Å². The number of aromatic amines is 2. The molecule has 2 nitrogen and oxygen atoms in total. The molecule has 8 bridgehead atoms. The average Bonchev–Trinajstić information content (AvgIpc) is 3.83. The van der Waals surface area contributed by atoms with Crippen LogP contribution in [0.5, 0.6) is 0 Å². The van der Waals surface area contributed by atoms with E-state index in [4.69, 9.17) is 0 Å². The first-order chi connectivity index (χ1) is 21.5.